The van der Waals surface area contributed by atoms with Gasteiger partial charge in [-0.15, -0.1) is 11.8 Å². The third-order valence-corrected chi connectivity index (χ3v) is 7.86. The minimum absolute atomic E-state index is 0.00415. The number of amides is 2. The number of hydrogen-bond donors (Lipinski definition) is 2. The molecule has 1 unspecified atom stereocenters. The molecule has 39 heavy (non-hydrogen) atoms. The highest BCUT2D eigenvalue weighted by Crippen LogP contribution is 2.41. The maximum Gasteiger partial charge on any atom is 0.357 e. The van der Waals surface area contributed by atoms with Gasteiger partial charge in [0.2, 0.25) is 5.91 Å². The van der Waals surface area contributed by atoms with Crippen molar-refractivity contribution < 1.29 is 28.8 Å². The highest BCUT2D eigenvalue weighted by atomic mass is 32.2. The van der Waals surface area contributed by atoms with Gasteiger partial charge < -0.3 is 25.0 Å². The minimum atomic E-state index is -0.760. The lowest BCUT2D eigenvalue weighted by Crippen LogP contribution is -2.71. The second kappa shape index (κ2) is 11.7. The van der Waals surface area contributed by atoms with Gasteiger partial charge in [-0.1, -0.05) is 18.2 Å². The number of esters is 1. The minimum Gasteiger partial charge on any atom is -0.456 e. The Bertz CT molecular complexity index is 1280. The van der Waals surface area contributed by atoms with E-state index in [1.54, 1.807) is 0 Å². The van der Waals surface area contributed by atoms with Crippen LogP contribution < -0.4 is 10.6 Å². The Morgan fingerprint density at radius 2 is 1.82 bits per heavy atom. The third kappa shape index (κ3) is 5.83. The van der Waals surface area contributed by atoms with Crippen LogP contribution >= 0.6 is 11.8 Å². The number of anilines is 1. The molecule has 13 heteroatoms. The van der Waals surface area contributed by atoms with Crippen LogP contribution in [0.15, 0.2) is 66.0 Å². The van der Waals surface area contributed by atoms with Crippen LogP contribution in [0, 0.1) is 10.1 Å². The molecule has 2 N–H and O–H groups in total. The van der Waals surface area contributed by atoms with Crippen LogP contribution in [0.4, 0.5) is 11.4 Å². The molecular weight excluding hydrogens is 526 g/mol. The van der Waals surface area contributed by atoms with Gasteiger partial charge in [0.1, 0.15) is 18.0 Å². The van der Waals surface area contributed by atoms with E-state index in [0.717, 1.165) is 5.69 Å². The largest absolute Gasteiger partial charge is 0.456 e. The molecule has 0 bridgehead atoms. The molecule has 2 amide bonds. The van der Waals surface area contributed by atoms with Gasteiger partial charge in [-0.3, -0.25) is 24.6 Å². The SMILES string of the molecule is O=C(CNc1ccccc1)NC1C(=O)N2C(C(=O)OCc3ccc([N+](=O)[O-])cc3)=C(N3CCOCC3)CS[C@@H]12. The van der Waals surface area contributed by atoms with E-state index < -0.39 is 22.3 Å². The topological polar surface area (TPSA) is 143 Å². The van der Waals surface area contributed by atoms with Crippen molar-refractivity contribution in [2.75, 3.05) is 43.9 Å². The number of thioether (sulfide) groups is 1. The van der Waals surface area contributed by atoms with Crippen molar-refractivity contribution in [3.05, 3.63) is 81.7 Å². The number of rotatable bonds is 9. The van der Waals surface area contributed by atoms with Crippen molar-refractivity contribution in [1.82, 2.24) is 15.1 Å². The Kier molecular flexibility index (Phi) is 7.98. The van der Waals surface area contributed by atoms with Crippen molar-refractivity contribution in [2.45, 2.75) is 18.0 Å². The lowest BCUT2D eigenvalue weighted by molar-refractivity contribution is -0.384. The molecule has 3 aliphatic rings. The van der Waals surface area contributed by atoms with E-state index in [-0.39, 0.29) is 36.4 Å². The van der Waals surface area contributed by atoms with E-state index in [1.807, 2.05) is 35.2 Å². The zero-order chi connectivity index (χ0) is 27.4. The number of fused-ring (bicyclic) bond motifs is 1. The number of carbonyl (C=O) groups excluding carboxylic acids is 3. The first-order valence-electron chi connectivity index (χ1n) is 12.4. The first kappa shape index (κ1) is 26.5. The Labute approximate surface area is 228 Å². The van der Waals surface area contributed by atoms with Gasteiger partial charge in [0.25, 0.3) is 11.6 Å². The number of morpholine rings is 1. The fraction of sp³-hybridized carbons (Fsp3) is 0.346. The predicted octanol–water partition coefficient (Wildman–Crippen LogP) is 1.69. The number of ether oxygens (including phenoxy) is 2. The van der Waals surface area contributed by atoms with Gasteiger partial charge in [-0.05, 0) is 29.8 Å². The number of para-hydroxylation sites is 1. The number of hydrogen-bond acceptors (Lipinski definition) is 10. The molecule has 0 spiro atoms. The van der Waals surface area contributed by atoms with E-state index in [4.69, 9.17) is 9.47 Å². The highest BCUT2D eigenvalue weighted by molar-refractivity contribution is 8.00. The predicted molar refractivity (Wildman–Crippen MR) is 142 cm³/mol. The van der Waals surface area contributed by atoms with Crippen LogP contribution in [0.5, 0.6) is 0 Å². The molecule has 5 rings (SSSR count). The third-order valence-electron chi connectivity index (χ3n) is 6.59. The zero-order valence-corrected chi connectivity index (χ0v) is 21.7. The van der Waals surface area contributed by atoms with Crippen LogP contribution in [0.25, 0.3) is 0 Å². The summed E-state index contributed by atoms with van der Waals surface area (Å²) in [6.07, 6.45) is 0. The highest BCUT2D eigenvalue weighted by Gasteiger charge is 2.55. The maximum atomic E-state index is 13.4. The molecule has 2 fully saturated rings. The van der Waals surface area contributed by atoms with Crippen molar-refractivity contribution in [3.8, 4) is 0 Å². The van der Waals surface area contributed by atoms with Crippen molar-refractivity contribution >= 4 is 40.9 Å². The Morgan fingerprint density at radius 1 is 1.10 bits per heavy atom. The van der Waals surface area contributed by atoms with Crippen LogP contribution in [0.2, 0.25) is 0 Å². The van der Waals surface area contributed by atoms with Crippen LogP contribution in [-0.2, 0) is 30.5 Å². The van der Waals surface area contributed by atoms with E-state index >= 15 is 0 Å². The summed E-state index contributed by atoms with van der Waals surface area (Å²) < 4.78 is 11.0. The van der Waals surface area contributed by atoms with Gasteiger partial charge in [-0.25, -0.2) is 4.79 Å². The molecule has 2 aromatic rings. The average molecular weight is 554 g/mol. The van der Waals surface area contributed by atoms with Gasteiger partial charge in [0.15, 0.2) is 5.70 Å². The number of benzene rings is 2. The molecule has 0 aromatic heterocycles. The molecule has 0 aliphatic carbocycles. The Morgan fingerprint density at radius 3 is 2.51 bits per heavy atom. The molecule has 3 heterocycles. The number of nitro benzene ring substituents is 1. The number of carbonyl (C=O) groups is 3. The molecule has 12 nitrogen and oxygen atoms in total. The number of nitrogens with zero attached hydrogens (tertiary/aromatic N) is 3. The fourth-order valence-corrected chi connectivity index (χ4v) is 5.94. The second-order valence-corrected chi connectivity index (χ2v) is 10.2. The van der Waals surface area contributed by atoms with E-state index in [2.05, 4.69) is 10.6 Å². The van der Waals surface area contributed by atoms with E-state index in [0.29, 0.717) is 43.3 Å². The van der Waals surface area contributed by atoms with E-state index in [1.165, 1.54) is 40.9 Å². The summed E-state index contributed by atoms with van der Waals surface area (Å²) in [5, 5.41) is 16.3. The summed E-state index contributed by atoms with van der Waals surface area (Å²) >= 11 is 1.48. The Balaban J connectivity index is 1.28. The van der Waals surface area contributed by atoms with Crippen LogP contribution in [-0.4, -0.2) is 82.5 Å². The summed E-state index contributed by atoms with van der Waals surface area (Å²) in [6, 6.07) is 14.2. The fourth-order valence-electron chi connectivity index (χ4n) is 4.56. The number of nitro groups is 1. The van der Waals surface area contributed by atoms with Gasteiger partial charge >= 0.3 is 5.97 Å². The van der Waals surface area contributed by atoms with Gasteiger partial charge in [-0.2, -0.15) is 0 Å². The van der Waals surface area contributed by atoms with Crippen molar-refractivity contribution in [3.63, 3.8) is 0 Å². The molecule has 2 aromatic carbocycles. The second-order valence-electron chi connectivity index (χ2n) is 9.07. The quantitative estimate of drug-likeness (QED) is 0.204. The van der Waals surface area contributed by atoms with Gasteiger partial charge in [0, 0.05) is 36.7 Å². The molecule has 2 saturated heterocycles. The lowest BCUT2D eigenvalue weighted by Gasteiger charge is -2.51. The number of non-ortho nitro benzene ring substituents is 1. The van der Waals surface area contributed by atoms with E-state index in [9.17, 15) is 24.5 Å². The summed E-state index contributed by atoms with van der Waals surface area (Å²) in [7, 11) is 0. The number of nitrogens with one attached hydrogen (secondary N) is 2. The zero-order valence-electron chi connectivity index (χ0n) is 20.9. The first-order chi connectivity index (χ1) is 18.9. The summed E-state index contributed by atoms with van der Waals surface area (Å²) in [5.74, 6) is -0.912. The summed E-state index contributed by atoms with van der Waals surface area (Å²) in [4.78, 5) is 53.0. The molecule has 204 valence electrons. The summed E-state index contributed by atoms with van der Waals surface area (Å²) in [5.41, 5.74) is 2.16. The summed E-state index contributed by atoms with van der Waals surface area (Å²) in [6.45, 7) is 2.06. The number of β-lactam (4-membered cyclic amide) rings is 1. The molecule has 3 aliphatic heterocycles. The smallest absolute Gasteiger partial charge is 0.357 e. The average Bonchev–Trinajstić information content (AvgIpc) is 2.98. The molecule has 0 radical (unpaired) electrons. The Hall–Kier alpha value is -4.10. The molecule has 0 saturated carbocycles. The van der Waals surface area contributed by atoms with Crippen LogP contribution in [0.3, 0.4) is 0 Å². The van der Waals surface area contributed by atoms with Gasteiger partial charge in [0.05, 0.1) is 30.4 Å². The maximum absolute atomic E-state index is 13.4. The van der Waals surface area contributed by atoms with Crippen molar-refractivity contribution in [2.24, 2.45) is 0 Å². The normalized spacial score (nSPS) is 20.6. The van der Waals surface area contributed by atoms with Crippen molar-refractivity contribution in [1.29, 1.82) is 0 Å². The standard InChI is InChI=1S/C26H27N5O7S/c32-21(14-27-18-4-2-1-3-5-18)28-22-24(33)30-23(20(16-39-25(22)30)29-10-12-37-13-11-29)26(34)38-15-17-6-8-19(9-7-17)31(35)36/h1-9,22,25,27H,10-16H2,(H,28,32)/t22?,25-/m0/s1. The first-order valence-corrected chi connectivity index (χ1v) is 13.5. The molecular formula is C26H27N5O7S. The lowest BCUT2D eigenvalue weighted by atomic mass is 10.0. The molecule has 2 atom stereocenters. The monoisotopic (exact) mass is 553 g/mol. The van der Waals surface area contributed by atoms with Crippen LogP contribution in [0.1, 0.15) is 5.56 Å².